The van der Waals surface area contributed by atoms with E-state index >= 15 is 0 Å². The standard InChI is InChI=1S/C23H33FN2O2/c1-2-3-4-5-14-25-21(27)18-9-7-15-26(17-18)22(28)23(12-8-13-23)19-10-6-11-20(24)16-19/h6,10-11,16,18H,2-5,7-9,12-15,17H2,1H3,(H,25,27). The van der Waals surface area contributed by atoms with Gasteiger partial charge in [-0.3, -0.25) is 9.59 Å². The molecule has 2 aliphatic rings. The lowest BCUT2D eigenvalue weighted by molar-refractivity contribution is -0.144. The first-order chi connectivity index (χ1) is 13.6. The Hall–Kier alpha value is -1.91. The van der Waals surface area contributed by atoms with Gasteiger partial charge >= 0.3 is 0 Å². The van der Waals surface area contributed by atoms with Gasteiger partial charge in [-0.1, -0.05) is 44.7 Å². The summed E-state index contributed by atoms with van der Waals surface area (Å²) in [6, 6.07) is 6.47. The third kappa shape index (κ3) is 4.56. The normalized spacial score (nSPS) is 21.1. The van der Waals surface area contributed by atoms with Crippen LogP contribution < -0.4 is 5.32 Å². The van der Waals surface area contributed by atoms with Crippen LogP contribution in [0.5, 0.6) is 0 Å². The van der Waals surface area contributed by atoms with Crippen LogP contribution in [0.4, 0.5) is 4.39 Å². The molecule has 1 atom stereocenters. The van der Waals surface area contributed by atoms with Gasteiger partial charge in [-0.2, -0.15) is 0 Å². The van der Waals surface area contributed by atoms with Gasteiger partial charge in [0, 0.05) is 19.6 Å². The van der Waals surface area contributed by atoms with E-state index in [2.05, 4.69) is 12.2 Å². The Kier molecular flexibility index (Phi) is 7.08. The third-order valence-corrected chi connectivity index (χ3v) is 6.40. The van der Waals surface area contributed by atoms with Crippen molar-refractivity contribution in [1.29, 1.82) is 0 Å². The van der Waals surface area contributed by atoms with Crippen molar-refractivity contribution < 1.29 is 14.0 Å². The van der Waals surface area contributed by atoms with E-state index in [1.54, 1.807) is 6.07 Å². The molecule has 0 spiro atoms. The summed E-state index contributed by atoms with van der Waals surface area (Å²) in [7, 11) is 0. The Morgan fingerprint density at radius 2 is 2.04 bits per heavy atom. The zero-order valence-corrected chi connectivity index (χ0v) is 17.0. The van der Waals surface area contributed by atoms with E-state index in [0.717, 1.165) is 57.1 Å². The highest BCUT2D eigenvalue weighted by Crippen LogP contribution is 2.45. The van der Waals surface area contributed by atoms with E-state index in [-0.39, 0.29) is 23.5 Å². The molecule has 0 bridgehead atoms. The summed E-state index contributed by atoms with van der Waals surface area (Å²) in [6.45, 7) is 4.06. The summed E-state index contributed by atoms with van der Waals surface area (Å²) in [6.07, 6.45) is 8.72. The molecule has 5 heteroatoms. The first-order valence-corrected chi connectivity index (χ1v) is 10.9. The zero-order valence-electron chi connectivity index (χ0n) is 17.0. The van der Waals surface area contributed by atoms with Crippen molar-refractivity contribution in [3.63, 3.8) is 0 Å². The number of benzene rings is 1. The van der Waals surface area contributed by atoms with Crippen LogP contribution in [0.1, 0.15) is 70.3 Å². The van der Waals surface area contributed by atoms with Crippen molar-refractivity contribution in [1.82, 2.24) is 10.2 Å². The van der Waals surface area contributed by atoms with Crippen LogP contribution in [0.2, 0.25) is 0 Å². The highest BCUT2D eigenvalue weighted by Gasteiger charge is 2.48. The first-order valence-electron chi connectivity index (χ1n) is 10.9. The van der Waals surface area contributed by atoms with Crippen molar-refractivity contribution in [2.45, 2.75) is 70.1 Å². The number of halogens is 1. The van der Waals surface area contributed by atoms with Crippen molar-refractivity contribution in [2.75, 3.05) is 19.6 Å². The number of likely N-dealkylation sites (tertiary alicyclic amines) is 1. The average Bonchev–Trinajstić information content (AvgIpc) is 2.67. The fourth-order valence-electron chi connectivity index (χ4n) is 4.53. The fraction of sp³-hybridized carbons (Fsp3) is 0.652. The molecule has 3 rings (SSSR count). The molecule has 154 valence electrons. The highest BCUT2D eigenvalue weighted by atomic mass is 19.1. The summed E-state index contributed by atoms with van der Waals surface area (Å²) in [5.74, 6) is -0.281. The van der Waals surface area contributed by atoms with Crippen LogP contribution in [0.3, 0.4) is 0 Å². The second-order valence-corrected chi connectivity index (χ2v) is 8.39. The number of carbonyl (C=O) groups is 2. The summed E-state index contributed by atoms with van der Waals surface area (Å²) < 4.78 is 13.7. The Balaban J connectivity index is 1.60. The monoisotopic (exact) mass is 388 g/mol. The maximum Gasteiger partial charge on any atom is 0.233 e. The van der Waals surface area contributed by atoms with Crippen molar-refractivity contribution in [3.05, 3.63) is 35.6 Å². The molecule has 4 nitrogen and oxygen atoms in total. The Morgan fingerprint density at radius 1 is 1.21 bits per heavy atom. The van der Waals surface area contributed by atoms with Gasteiger partial charge in [0.15, 0.2) is 0 Å². The van der Waals surface area contributed by atoms with E-state index in [4.69, 9.17) is 0 Å². The van der Waals surface area contributed by atoms with Crippen LogP contribution in [0.15, 0.2) is 24.3 Å². The predicted octanol–water partition coefficient (Wildman–Crippen LogP) is 4.18. The minimum absolute atomic E-state index is 0.0717. The molecule has 0 radical (unpaired) electrons. The lowest BCUT2D eigenvalue weighted by Gasteiger charge is -2.45. The van der Waals surface area contributed by atoms with Gasteiger partial charge in [-0.15, -0.1) is 0 Å². The molecule has 1 aromatic carbocycles. The Morgan fingerprint density at radius 3 is 2.71 bits per heavy atom. The molecule has 1 aliphatic carbocycles. The predicted molar refractivity (Wildman–Crippen MR) is 108 cm³/mol. The number of nitrogens with one attached hydrogen (secondary N) is 1. The molecule has 0 aromatic heterocycles. The molecule has 1 saturated carbocycles. The van der Waals surface area contributed by atoms with Gasteiger partial charge < -0.3 is 10.2 Å². The van der Waals surface area contributed by atoms with Gasteiger partial charge in [0.05, 0.1) is 11.3 Å². The average molecular weight is 389 g/mol. The molecular weight excluding hydrogens is 355 g/mol. The molecular formula is C23H33FN2O2. The van der Waals surface area contributed by atoms with Gasteiger partial charge in [-0.05, 0) is 49.8 Å². The maximum absolute atomic E-state index is 13.7. The van der Waals surface area contributed by atoms with Crippen LogP contribution in [-0.4, -0.2) is 36.3 Å². The van der Waals surface area contributed by atoms with Gasteiger partial charge in [-0.25, -0.2) is 4.39 Å². The SMILES string of the molecule is CCCCCCNC(=O)C1CCCN(C(=O)C2(c3cccc(F)c3)CCC2)C1. The van der Waals surface area contributed by atoms with Crippen LogP contribution >= 0.6 is 0 Å². The molecule has 1 unspecified atom stereocenters. The number of hydrogen-bond acceptors (Lipinski definition) is 2. The Bertz CT molecular complexity index is 687. The minimum atomic E-state index is -0.597. The molecule has 1 N–H and O–H groups in total. The number of rotatable bonds is 8. The lowest BCUT2D eigenvalue weighted by Crippen LogP contribution is -2.55. The quantitative estimate of drug-likeness (QED) is 0.679. The third-order valence-electron chi connectivity index (χ3n) is 6.40. The van der Waals surface area contributed by atoms with Crippen molar-refractivity contribution >= 4 is 11.8 Å². The number of nitrogens with zero attached hydrogens (tertiary/aromatic N) is 1. The van der Waals surface area contributed by atoms with E-state index in [1.165, 1.54) is 25.0 Å². The van der Waals surface area contributed by atoms with Crippen molar-refractivity contribution in [2.24, 2.45) is 5.92 Å². The maximum atomic E-state index is 13.7. The van der Waals surface area contributed by atoms with Crippen LogP contribution in [-0.2, 0) is 15.0 Å². The summed E-state index contributed by atoms with van der Waals surface area (Å²) in [5.41, 5.74) is 0.187. The Labute approximate surface area is 167 Å². The minimum Gasteiger partial charge on any atom is -0.356 e. The molecule has 1 saturated heterocycles. The van der Waals surface area contributed by atoms with E-state index in [0.29, 0.717) is 13.1 Å². The van der Waals surface area contributed by atoms with Gasteiger partial charge in [0.25, 0.3) is 0 Å². The second kappa shape index (κ2) is 9.53. The molecule has 1 aliphatic heterocycles. The molecule has 2 fully saturated rings. The number of unbranched alkanes of at least 4 members (excludes halogenated alkanes) is 3. The number of carbonyl (C=O) groups excluding carboxylic acids is 2. The van der Waals surface area contributed by atoms with E-state index < -0.39 is 5.41 Å². The van der Waals surface area contributed by atoms with Crippen LogP contribution in [0, 0.1) is 11.7 Å². The van der Waals surface area contributed by atoms with Gasteiger partial charge in [0.2, 0.25) is 11.8 Å². The first kappa shape index (κ1) is 20.8. The van der Waals surface area contributed by atoms with Crippen LogP contribution in [0.25, 0.3) is 0 Å². The lowest BCUT2D eigenvalue weighted by atomic mass is 9.63. The number of hydrogen-bond donors (Lipinski definition) is 1. The number of piperidine rings is 1. The van der Waals surface area contributed by atoms with Crippen molar-refractivity contribution in [3.8, 4) is 0 Å². The van der Waals surface area contributed by atoms with E-state index in [9.17, 15) is 14.0 Å². The van der Waals surface area contributed by atoms with Gasteiger partial charge in [0.1, 0.15) is 5.82 Å². The second-order valence-electron chi connectivity index (χ2n) is 8.39. The molecule has 1 heterocycles. The summed E-state index contributed by atoms with van der Waals surface area (Å²) in [4.78, 5) is 27.8. The molecule has 2 amide bonds. The topological polar surface area (TPSA) is 49.4 Å². The summed E-state index contributed by atoms with van der Waals surface area (Å²) in [5, 5.41) is 3.05. The summed E-state index contributed by atoms with van der Waals surface area (Å²) >= 11 is 0. The molecule has 28 heavy (non-hydrogen) atoms. The highest BCUT2D eigenvalue weighted by molar-refractivity contribution is 5.90. The largest absolute Gasteiger partial charge is 0.356 e. The smallest absolute Gasteiger partial charge is 0.233 e. The zero-order chi connectivity index (χ0) is 20.0. The van der Waals surface area contributed by atoms with E-state index in [1.807, 2.05) is 11.0 Å². The fourth-order valence-corrected chi connectivity index (χ4v) is 4.53. The molecule has 1 aromatic rings. The number of amides is 2.